The zero-order chi connectivity index (χ0) is 14.4. The van der Waals surface area contributed by atoms with E-state index in [-0.39, 0.29) is 17.8 Å². The Bertz CT molecular complexity index is 556. The van der Waals surface area contributed by atoms with Crippen molar-refractivity contribution in [3.05, 3.63) is 39.8 Å². The van der Waals surface area contributed by atoms with Gasteiger partial charge >= 0.3 is 5.97 Å². The minimum Gasteiger partial charge on any atom is -0.755 e. The van der Waals surface area contributed by atoms with Crippen molar-refractivity contribution >= 4 is 22.9 Å². The molecule has 1 unspecified atom stereocenters. The summed E-state index contributed by atoms with van der Waals surface area (Å²) in [6, 6.07) is 4.36. The predicted molar refractivity (Wildman–Crippen MR) is 68.0 cm³/mol. The molecule has 0 aliphatic carbocycles. The highest BCUT2D eigenvalue weighted by Crippen LogP contribution is 2.20. The molecule has 1 aromatic rings. The number of azide groups is 1. The van der Waals surface area contributed by atoms with Crippen LogP contribution in [0.1, 0.15) is 15.9 Å². The van der Waals surface area contributed by atoms with Crippen LogP contribution in [0.2, 0.25) is 0 Å². The van der Waals surface area contributed by atoms with Gasteiger partial charge in [0, 0.05) is 28.9 Å². The second-order valence-corrected chi connectivity index (χ2v) is 4.47. The van der Waals surface area contributed by atoms with Crippen LogP contribution in [0.15, 0.2) is 23.3 Å². The highest BCUT2D eigenvalue weighted by Gasteiger charge is 2.11. The van der Waals surface area contributed by atoms with Crippen LogP contribution in [-0.2, 0) is 22.5 Å². The fraction of sp³-hybridized carbons (Fsp3) is 0.300. The number of hydrogen-bond acceptors (Lipinski definition) is 5. The van der Waals surface area contributed by atoms with Crippen molar-refractivity contribution in [1.29, 1.82) is 0 Å². The first kappa shape index (κ1) is 15.0. The number of nitrogens with zero attached hydrogens (tertiary/aromatic N) is 4. The third kappa shape index (κ3) is 3.95. The third-order valence-electron chi connectivity index (χ3n) is 2.30. The number of rotatable bonds is 5. The molecule has 0 aromatic heterocycles. The van der Waals surface area contributed by atoms with Crippen molar-refractivity contribution in [1.82, 2.24) is 0 Å². The van der Waals surface area contributed by atoms with Crippen LogP contribution in [-0.4, -0.2) is 28.9 Å². The fourth-order valence-electron chi connectivity index (χ4n) is 1.38. The summed E-state index contributed by atoms with van der Waals surface area (Å²) in [4.78, 5) is 14.1. The maximum Gasteiger partial charge on any atom is 0.337 e. The van der Waals surface area contributed by atoms with Crippen LogP contribution in [0, 0.1) is 0 Å². The molecule has 0 bridgehead atoms. The predicted octanol–water partition coefficient (Wildman–Crippen LogP) is 1.51. The topological polar surface area (TPSA) is 118 Å². The van der Waals surface area contributed by atoms with E-state index in [2.05, 4.69) is 14.8 Å². The van der Waals surface area contributed by atoms with Crippen LogP contribution >= 0.6 is 0 Å². The Labute approximate surface area is 112 Å². The largest absolute Gasteiger partial charge is 0.755 e. The van der Waals surface area contributed by atoms with Gasteiger partial charge in [0.1, 0.15) is 0 Å². The first-order chi connectivity index (χ1) is 8.99. The van der Waals surface area contributed by atoms with E-state index in [1.807, 2.05) is 0 Å². The SMILES string of the molecule is COC(=O)c1cc(CN=[N+]=[N-])cc(N(C)S(=O)[O-])c1. The molecule has 1 aromatic carbocycles. The summed E-state index contributed by atoms with van der Waals surface area (Å²) >= 11 is -2.47. The molecule has 0 radical (unpaired) electrons. The van der Waals surface area contributed by atoms with E-state index in [1.165, 1.54) is 32.4 Å². The Morgan fingerprint density at radius 1 is 1.58 bits per heavy atom. The van der Waals surface area contributed by atoms with Crippen LogP contribution in [0.4, 0.5) is 5.69 Å². The lowest BCUT2D eigenvalue weighted by molar-refractivity contribution is 0.0600. The van der Waals surface area contributed by atoms with Gasteiger partial charge in [-0.3, -0.25) is 4.21 Å². The lowest BCUT2D eigenvalue weighted by Crippen LogP contribution is -2.20. The van der Waals surface area contributed by atoms with Gasteiger partial charge in [-0.15, -0.1) is 0 Å². The molecule has 0 fully saturated rings. The molecule has 0 amide bonds. The zero-order valence-electron chi connectivity index (χ0n) is 10.3. The van der Waals surface area contributed by atoms with E-state index < -0.39 is 17.2 Å². The molecule has 1 atom stereocenters. The quantitative estimate of drug-likeness (QED) is 0.267. The maximum absolute atomic E-state index is 11.5. The summed E-state index contributed by atoms with van der Waals surface area (Å²) in [5, 5.41) is 3.37. The van der Waals surface area contributed by atoms with E-state index in [1.54, 1.807) is 0 Å². The molecule has 9 heteroatoms. The van der Waals surface area contributed by atoms with Crippen molar-refractivity contribution in [2.75, 3.05) is 18.5 Å². The molecule has 0 saturated carbocycles. The van der Waals surface area contributed by atoms with Crippen molar-refractivity contribution in [3.8, 4) is 0 Å². The maximum atomic E-state index is 11.5. The van der Waals surface area contributed by atoms with Crippen molar-refractivity contribution in [2.45, 2.75) is 6.54 Å². The first-order valence-electron chi connectivity index (χ1n) is 5.06. The lowest BCUT2D eigenvalue weighted by atomic mass is 10.1. The standard InChI is InChI=1S/C10H12N4O4S/c1-14(19(16)17)9-4-7(6-12-13-11)3-8(5-9)10(15)18-2/h3-5H,6H2,1-2H3,(H,16,17)/p-1. The van der Waals surface area contributed by atoms with Crippen LogP contribution in [0.5, 0.6) is 0 Å². The summed E-state index contributed by atoms with van der Waals surface area (Å²) in [5.41, 5.74) is 9.24. The number of hydrogen-bond donors (Lipinski definition) is 0. The number of esters is 1. The van der Waals surface area contributed by atoms with Gasteiger partial charge in [-0.05, 0) is 29.3 Å². The van der Waals surface area contributed by atoms with E-state index in [0.29, 0.717) is 5.56 Å². The van der Waals surface area contributed by atoms with Gasteiger partial charge in [-0.1, -0.05) is 5.11 Å². The summed E-state index contributed by atoms with van der Waals surface area (Å²) in [6.07, 6.45) is 0. The number of methoxy groups -OCH3 is 1. The number of carbonyl (C=O) groups excluding carboxylic acids is 1. The summed E-state index contributed by atoms with van der Waals surface area (Å²) in [7, 11) is 2.55. The molecule has 0 N–H and O–H groups in total. The average Bonchev–Trinajstić information content (AvgIpc) is 2.42. The third-order valence-corrected chi connectivity index (χ3v) is 2.96. The fourth-order valence-corrected chi connectivity index (χ4v) is 1.66. The van der Waals surface area contributed by atoms with E-state index in [9.17, 15) is 13.6 Å². The molecule has 1 rings (SSSR count). The molecule has 0 aliphatic rings. The van der Waals surface area contributed by atoms with Gasteiger partial charge in [-0.25, -0.2) is 4.79 Å². The highest BCUT2D eigenvalue weighted by molar-refractivity contribution is 7.80. The van der Waals surface area contributed by atoms with Crippen molar-refractivity contribution in [3.63, 3.8) is 0 Å². The molecule has 102 valence electrons. The Hall–Kier alpha value is -2.09. The van der Waals surface area contributed by atoms with Gasteiger partial charge in [0.05, 0.1) is 19.2 Å². The second-order valence-electron chi connectivity index (χ2n) is 3.48. The summed E-state index contributed by atoms with van der Waals surface area (Å²) in [5.74, 6) is -0.603. The minimum atomic E-state index is -2.47. The second kappa shape index (κ2) is 6.74. The van der Waals surface area contributed by atoms with E-state index >= 15 is 0 Å². The summed E-state index contributed by atoms with van der Waals surface area (Å²) in [6.45, 7) is 0.00761. The number of ether oxygens (including phenoxy) is 1. The molecule has 0 heterocycles. The van der Waals surface area contributed by atoms with Gasteiger partial charge in [-0.2, -0.15) is 0 Å². The Morgan fingerprint density at radius 3 is 2.79 bits per heavy atom. The van der Waals surface area contributed by atoms with E-state index in [0.717, 1.165) is 4.31 Å². The van der Waals surface area contributed by atoms with Crippen LogP contribution in [0.3, 0.4) is 0 Å². The number of carbonyl (C=O) groups is 1. The van der Waals surface area contributed by atoms with Crippen molar-refractivity contribution in [2.24, 2.45) is 5.11 Å². The zero-order valence-corrected chi connectivity index (χ0v) is 11.1. The van der Waals surface area contributed by atoms with Crippen LogP contribution in [0.25, 0.3) is 10.4 Å². The van der Waals surface area contributed by atoms with Gasteiger partial charge in [0.25, 0.3) is 0 Å². The molecular formula is C10H11N4O4S-. The molecular weight excluding hydrogens is 272 g/mol. The molecule has 19 heavy (non-hydrogen) atoms. The molecule has 0 aliphatic heterocycles. The average molecular weight is 283 g/mol. The molecule has 0 spiro atoms. The minimum absolute atomic E-state index is 0.00761. The number of anilines is 1. The summed E-state index contributed by atoms with van der Waals surface area (Å²) < 4.78 is 27.3. The van der Waals surface area contributed by atoms with Gasteiger partial charge < -0.3 is 13.6 Å². The first-order valence-corrected chi connectivity index (χ1v) is 6.09. The van der Waals surface area contributed by atoms with E-state index in [4.69, 9.17) is 5.53 Å². The Balaban J connectivity index is 3.26. The smallest absolute Gasteiger partial charge is 0.337 e. The van der Waals surface area contributed by atoms with Gasteiger partial charge in [0.2, 0.25) is 0 Å². The highest BCUT2D eigenvalue weighted by atomic mass is 32.2. The monoisotopic (exact) mass is 283 g/mol. The molecule has 0 saturated heterocycles. The lowest BCUT2D eigenvalue weighted by Gasteiger charge is -2.22. The van der Waals surface area contributed by atoms with Crippen LogP contribution < -0.4 is 4.31 Å². The van der Waals surface area contributed by atoms with Gasteiger partial charge in [0.15, 0.2) is 0 Å². The van der Waals surface area contributed by atoms with Crippen molar-refractivity contribution < 1.29 is 18.3 Å². The molecule has 8 nitrogen and oxygen atoms in total. The number of benzene rings is 1. The normalized spacial score (nSPS) is 11.3. The Morgan fingerprint density at radius 2 is 2.26 bits per heavy atom. The Kier molecular flexibility index (Phi) is 5.31.